The lowest BCUT2D eigenvalue weighted by molar-refractivity contribution is -0.660. The van der Waals surface area contributed by atoms with Crippen LogP contribution < -0.4 is 4.57 Å². The lowest BCUT2D eigenvalue weighted by Gasteiger charge is -2.09. The lowest BCUT2D eigenvalue weighted by Crippen LogP contribution is -2.31. The van der Waals surface area contributed by atoms with Crippen LogP contribution in [-0.2, 0) is 13.4 Å². The third kappa shape index (κ3) is 2.96. The molecule has 3 heteroatoms. The number of furan rings is 1. The second kappa shape index (κ2) is 6.80. The minimum Gasteiger partial charge on any atom is -0.455 e. The van der Waals surface area contributed by atoms with Gasteiger partial charge in [0.15, 0.2) is 6.17 Å². The molecule has 2 aromatic heterocycles. The molecule has 0 fully saturated rings. The zero-order valence-electron chi connectivity index (χ0n) is 19.8. The Kier molecular flexibility index (Phi) is 3.61. The van der Waals surface area contributed by atoms with Crippen molar-refractivity contribution >= 4 is 21.9 Å². The van der Waals surface area contributed by atoms with Gasteiger partial charge in [0.25, 0.3) is 0 Å². The lowest BCUT2D eigenvalue weighted by atomic mass is 9.96. The molecule has 0 aliphatic rings. The van der Waals surface area contributed by atoms with Gasteiger partial charge in [-0.15, -0.1) is 0 Å². The monoisotopic (exact) mass is 372 g/mol. The van der Waals surface area contributed by atoms with E-state index in [1.165, 1.54) is 0 Å². The number of fused-ring (bicyclic) bond motifs is 3. The zero-order chi connectivity index (χ0) is 22.7. The Bertz CT molecular complexity index is 1390. The summed E-state index contributed by atoms with van der Waals surface area (Å²) in [6.07, 6.45) is -1.35. The highest BCUT2D eigenvalue weighted by Crippen LogP contribution is 2.38. The molecule has 2 aromatic carbocycles. The summed E-state index contributed by atoms with van der Waals surface area (Å²) in [5.41, 5.74) is 5.78. The number of nitriles is 1. The van der Waals surface area contributed by atoms with Crippen LogP contribution >= 0.6 is 0 Å². The highest BCUT2D eigenvalue weighted by molar-refractivity contribution is 6.12. The molecule has 0 unspecified atom stereocenters. The number of rotatable bonds is 3. The summed E-state index contributed by atoms with van der Waals surface area (Å²) in [6, 6.07) is 13.4. The molecule has 0 amide bonds. The number of hydrogen-bond acceptors (Lipinski definition) is 2. The topological polar surface area (TPSA) is 40.8 Å². The summed E-state index contributed by atoms with van der Waals surface area (Å²) >= 11 is 0. The van der Waals surface area contributed by atoms with Gasteiger partial charge in [-0.3, -0.25) is 0 Å². The molecule has 0 saturated heterocycles. The van der Waals surface area contributed by atoms with E-state index in [0.29, 0.717) is 28.0 Å². The number of pyridine rings is 1. The normalized spacial score (nSPS) is 13.5. The van der Waals surface area contributed by atoms with Gasteiger partial charge in [-0.1, -0.05) is 26.0 Å². The summed E-state index contributed by atoms with van der Waals surface area (Å²) in [7, 11) is 1.80. The van der Waals surface area contributed by atoms with Crippen LogP contribution in [0.25, 0.3) is 33.2 Å². The molecule has 3 nitrogen and oxygen atoms in total. The largest absolute Gasteiger partial charge is 0.455 e. The third-order valence-electron chi connectivity index (χ3n) is 4.99. The van der Waals surface area contributed by atoms with Crippen LogP contribution in [0.4, 0.5) is 0 Å². The third-order valence-corrected chi connectivity index (χ3v) is 4.99. The molecule has 0 aliphatic carbocycles. The van der Waals surface area contributed by atoms with Crippen molar-refractivity contribution in [2.75, 3.05) is 0 Å². The van der Waals surface area contributed by atoms with Crippen molar-refractivity contribution in [2.45, 2.75) is 34.1 Å². The molecule has 4 aromatic rings. The van der Waals surface area contributed by atoms with E-state index in [4.69, 9.17) is 8.53 Å². The Morgan fingerprint density at radius 1 is 1.21 bits per heavy atom. The predicted molar refractivity (Wildman–Crippen MR) is 113 cm³/mol. The molecular formula is C25H25N2O+. The molecule has 140 valence electrons. The fraction of sp³-hybridized carbons (Fsp3) is 0.280. The molecule has 0 saturated carbocycles. The Morgan fingerprint density at radius 2 is 2.00 bits per heavy atom. The molecule has 28 heavy (non-hydrogen) atoms. The predicted octanol–water partition coefficient (Wildman–Crippen LogP) is 5.76. The first kappa shape index (κ1) is 14.9. The van der Waals surface area contributed by atoms with Crippen LogP contribution in [0.2, 0.25) is 0 Å². The summed E-state index contributed by atoms with van der Waals surface area (Å²) in [4.78, 5) is 0. The van der Waals surface area contributed by atoms with Crippen LogP contribution in [0.1, 0.15) is 40.2 Å². The summed E-state index contributed by atoms with van der Waals surface area (Å²) in [5.74, 6) is -0.239. The van der Waals surface area contributed by atoms with Gasteiger partial charge >= 0.3 is 0 Å². The van der Waals surface area contributed by atoms with E-state index in [9.17, 15) is 5.26 Å². The molecule has 0 radical (unpaired) electrons. The smallest absolute Gasteiger partial charge is 0.216 e. The first-order chi connectivity index (χ1) is 14.6. The fourth-order valence-corrected chi connectivity index (χ4v) is 3.79. The second-order valence-corrected chi connectivity index (χ2v) is 7.65. The van der Waals surface area contributed by atoms with Gasteiger partial charge in [-0.2, -0.15) is 5.26 Å². The maximum Gasteiger partial charge on any atom is 0.216 e. The van der Waals surface area contributed by atoms with E-state index in [1.54, 1.807) is 17.7 Å². The van der Waals surface area contributed by atoms with Crippen molar-refractivity contribution in [3.8, 4) is 17.3 Å². The van der Waals surface area contributed by atoms with Crippen LogP contribution in [-0.4, -0.2) is 0 Å². The number of hydrogen-bond donors (Lipinski definition) is 0. The Morgan fingerprint density at radius 3 is 2.71 bits per heavy atom. The van der Waals surface area contributed by atoms with Gasteiger partial charge in [-0.25, -0.2) is 4.57 Å². The Hall–Kier alpha value is -3.12. The minimum atomic E-state index is -1.57. The van der Waals surface area contributed by atoms with E-state index in [0.717, 1.165) is 27.5 Å². The SMILES string of the molecule is [2H]c1cc(C([2H])([2H])C(C)C)cc(-c2c(C)ccc3c2oc2cc(C)cc(C#N)c23)[n+]1C. The maximum atomic E-state index is 9.67. The van der Waals surface area contributed by atoms with E-state index < -0.39 is 6.37 Å². The van der Waals surface area contributed by atoms with Gasteiger partial charge < -0.3 is 4.42 Å². The average molecular weight is 373 g/mol. The van der Waals surface area contributed by atoms with Crippen LogP contribution in [0.3, 0.4) is 0 Å². The molecule has 4 rings (SSSR count). The molecular weight excluding hydrogens is 344 g/mol. The Balaban J connectivity index is 2.12. The van der Waals surface area contributed by atoms with Crippen molar-refractivity contribution in [2.24, 2.45) is 13.0 Å². The summed E-state index contributed by atoms with van der Waals surface area (Å²) < 4.78 is 33.6. The molecule has 2 heterocycles. The molecule has 0 aliphatic heterocycles. The molecule has 0 bridgehead atoms. The van der Waals surface area contributed by atoms with Gasteiger partial charge in [0.05, 0.1) is 17.2 Å². The van der Waals surface area contributed by atoms with E-state index in [1.807, 2.05) is 58.0 Å². The van der Waals surface area contributed by atoms with Gasteiger partial charge in [0.2, 0.25) is 5.69 Å². The zero-order valence-corrected chi connectivity index (χ0v) is 16.8. The van der Waals surface area contributed by atoms with Crippen molar-refractivity contribution in [1.82, 2.24) is 0 Å². The standard InChI is InChI=1S/C25H25N2O/c1-15(2)10-18-8-9-27(5)21(13-18)23-17(4)6-7-20-24-19(14-26)11-16(3)12-22(24)28-25(20)23/h6-9,11-13,15H,10H2,1-5H3/q+1/i9D,10D2. The van der Waals surface area contributed by atoms with Crippen molar-refractivity contribution in [3.05, 3.63) is 64.8 Å². The summed E-state index contributed by atoms with van der Waals surface area (Å²) in [6.45, 7) is 7.59. The fourth-order valence-electron chi connectivity index (χ4n) is 3.79. The van der Waals surface area contributed by atoms with Crippen LogP contribution in [0.15, 0.2) is 47.0 Å². The maximum absolute atomic E-state index is 9.67. The van der Waals surface area contributed by atoms with Crippen molar-refractivity contribution in [1.29, 1.82) is 5.26 Å². The van der Waals surface area contributed by atoms with Crippen molar-refractivity contribution < 1.29 is 13.1 Å². The second-order valence-electron chi connectivity index (χ2n) is 7.65. The molecule has 0 atom stereocenters. The number of benzene rings is 2. The van der Waals surface area contributed by atoms with Crippen LogP contribution in [0, 0.1) is 31.1 Å². The highest BCUT2D eigenvalue weighted by Gasteiger charge is 2.22. The van der Waals surface area contributed by atoms with E-state index in [2.05, 4.69) is 6.07 Å². The summed E-state index contributed by atoms with van der Waals surface area (Å²) in [5, 5.41) is 11.3. The Labute approximate surface area is 170 Å². The van der Waals surface area contributed by atoms with Gasteiger partial charge in [-0.05, 0) is 55.0 Å². The average Bonchev–Trinajstić information content (AvgIpc) is 3.07. The van der Waals surface area contributed by atoms with Crippen molar-refractivity contribution in [3.63, 3.8) is 0 Å². The van der Waals surface area contributed by atoms with E-state index >= 15 is 0 Å². The van der Waals surface area contributed by atoms with Crippen LogP contribution in [0.5, 0.6) is 0 Å². The first-order valence-corrected chi connectivity index (χ1v) is 9.44. The van der Waals surface area contributed by atoms with Gasteiger partial charge in [0, 0.05) is 25.6 Å². The van der Waals surface area contributed by atoms with E-state index in [-0.39, 0.29) is 12.1 Å². The number of aromatic nitrogens is 1. The molecule has 0 spiro atoms. The number of aryl methyl sites for hydroxylation is 2. The first-order valence-electron chi connectivity index (χ1n) is 10.9. The highest BCUT2D eigenvalue weighted by atomic mass is 16.3. The minimum absolute atomic E-state index is 0.220. The number of nitrogens with zero attached hydrogens (tertiary/aromatic N) is 2. The van der Waals surface area contributed by atoms with Gasteiger partial charge in [0.1, 0.15) is 19.6 Å². The quantitative estimate of drug-likeness (QED) is 0.429. The molecule has 0 N–H and O–H groups in total.